The van der Waals surface area contributed by atoms with Crippen molar-refractivity contribution in [3.05, 3.63) is 30.1 Å². The fraction of sp³-hybridized carbons (Fsp3) is 0.364. The first-order valence-corrected chi connectivity index (χ1v) is 6.02. The van der Waals surface area contributed by atoms with Crippen molar-refractivity contribution in [2.24, 2.45) is 10.7 Å². The van der Waals surface area contributed by atoms with Gasteiger partial charge in [-0.3, -0.25) is 4.99 Å². The van der Waals surface area contributed by atoms with Gasteiger partial charge in [0, 0.05) is 12.3 Å². The zero-order chi connectivity index (χ0) is 11.8. The molecule has 0 saturated carbocycles. The van der Waals surface area contributed by atoms with Crippen molar-refractivity contribution >= 4 is 16.9 Å². The van der Waals surface area contributed by atoms with Crippen molar-refractivity contribution in [1.29, 1.82) is 0 Å². The Hall–Kier alpha value is -1.23. The molecule has 0 saturated heterocycles. The van der Waals surface area contributed by atoms with Gasteiger partial charge in [-0.15, -0.1) is 0 Å². The summed E-state index contributed by atoms with van der Waals surface area (Å²) >= 11 is 1.45. The number of halogens is 1. The first-order valence-electron chi connectivity index (χ1n) is 5.03. The molecule has 0 atom stereocenters. The molecular formula is C11H15FN2OS. The minimum atomic E-state index is -0.263. The zero-order valence-corrected chi connectivity index (χ0v) is 9.97. The lowest BCUT2D eigenvalue weighted by Gasteiger charge is -2.05. The van der Waals surface area contributed by atoms with Gasteiger partial charge in [-0.05, 0) is 31.2 Å². The molecule has 88 valence electrons. The Kier molecular flexibility index (Phi) is 5.71. The predicted octanol–water partition coefficient (Wildman–Crippen LogP) is 2.27. The van der Waals surface area contributed by atoms with Gasteiger partial charge in [-0.1, -0.05) is 11.8 Å². The van der Waals surface area contributed by atoms with Crippen LogP contribution >= 0.6 is 11.8 Å². The van der Waals surface area contributed by atoms with E-state index in [0.717, 1.165) is 5.75 Å². The topological polar surface area (TPSA) is 47.6 Å². The second kappa shape index (κ2) is 7.11. The van der Waals surface area contributed by atoms with Gasteiger partial charge in [0.2, 0.25) is 0 Å². The monoisotopic (exact) mass is 242 g/mol. The van der Waals surface area contributed by atoms with Crippen LogP contribution in [0.1, 0.15) is 6.92 Å². The van der Waals surface area contributed by atoms with Gasteiger partial charge in [0.1, 0.15) is 11.6 Å². The Bertz CT molecular complexity index is 340. The highest BCUT2D eigenvalue weighted by Gasteiger charge is 1.96. The van der Waals surface area contributed by atoms with Gasteiger partial charge in [-0.25, -0.2) is 4.39 Å². The van der Waals surface area contributed by atoms with Crippen LogP contribution in [-0.4, -0.2) is 24.1 Å². The average Bonchev–Trinajstić information content (AvgIpc) is 2.27. The van der Waals surface area contributed by atoms with E-state index in [-0.39, 0.29) is 5.82 Å². The first kappa shape index (κ1) is 12.8. The maximum absolute atomic E-state index is 12.6. The second-order valence-electron chi connectivity index (χ2n) is 2.96. The van der Waals surface area contributed by atoms with Gasteiger partial charge in [0.25, 0.3) is 0 Å². The smallest absolute Gasteiger partial charge is 0.154 e. The molecule has 1 aromatic rings. The Morgan fingerprint density at radius 1 is 1.44 bits per heavy atom. The van der Waals surface area contributed by atoms with E-state index in [0.29, 0.717) is 24.1 Å². The molecule has 16 heavy (non-hydrogen) atoms. The highest BCUT2D eigenvalue weighted by Crippen LogP contribution is 2.11. The average molecular weight is 242 g/mol. The van der Waals surface area contributed by atoms with Crippen LogP contribution in [0.3, 0.4) is 0 Å². The molecule has 3 nitrogen and oxygen atoms in total. The third kappa shape index (κ3) is 5.02. The van der Waals surface area contributed by atoms with Crippen LogP contribution in [0.4, 0.5) is 4.39 Å². The molecule has 0 amide bonds. The lowest BCUT2D eigenvalue weighted by atomic mass is 10.3. The van der Waals surface area contributed by atoms with Crippen LogP contribution in [0.25, 0.3) is 0 Å². The summed E-state index contributed by atoms with van der Waals surface area (Å²) in [5.41, 5.74) is 5.59. The molecule has 0 fully saturated rings. The minimum absolute atomic E-state index is 0.263. The fourth-order valence-electron chi connectivity index (χ4n) is 1.04. The molecule has 1 aromatic carbocycles. The largest absolute Gasteiger partial charge is 0.493 e. The maximum atomic E-state index is 12.6. The third-order valence-corrected chi connectivity index (χ3v) is 2.53. The Morgan fingerprint density at radius 3 is 2.75 bits per heavy atom. The summed E-state index contributed by atoms with van der Waals surface area (Å²) < 4.78 is 18.0. The number of benzene rings is 1. The SMILES string of the molecule is CCN=C(N)SCCOc1ccc(F)cc1. The number of hydrogen-bond donors (Lipinski definition) is 1. The van der Waals surface area contributed by atoms with Crippen molar-refractivity contribution in [2.45, 2.75) is 6.92 Å². The van der Waals surface area contributed by atoms with Gasteiger partial charge in [-0.2, -0.15) is 0 Å². The molecule has 0 unspecified atom stereocenters. The molecule has 0 spiro atoms. The van der Waals surface area contributed by atoms with Gasteiger partial charge in [0.15, 0.2) is 5.17 Å². The molecule has 0 aromatic heterocycles. The number of rotatable bonds is 5. The van der Waals surface area contributed by atoms with Gasteiger partial charge in [0.05, 0.1) is 6.61 Å². The summed E-state index contributed by atoms with van der Waals surface area (Å²) in [6.07, 6.45) is 0. The summed E-state index contributed by atoms with van der Waals surface area (Å²) in [7, 11) is 0. The van der Waals surface area contributed by atoms with Crippen LogP contribution in [0.5, 0.6) is 5.75 Å². The molecule has 5 heteroatoms. The fourth-order valence-corrected chi connectivity index (χ4v) is 1.63. The Labute approximate surface area is 98.9 Å². The van der Waals surface area contributed by atoms with Crippen LogP contribution in [-0.2, 0) is 0 Å². The number of amidine groups is 1. The van der Waals surface area contributed by atoms with Crippen molar-refractivity contribution in [3.63, 3.8) is 0 Å². The van der Waals surface area contributed by atoms with Crippen molar-refractivity contribution in [1.82, 2.24) is 0 Å². The van der Waals surface area contributed by atoms with E-state index in [1.54, 1.807) is 12.1 Å². The lowest BCUT2D eigenvalue weighted by molar-refractivity contribution is 0.343. The van der Waals surface area contributed by atoms with E-state index in [1.807, 2.05) is 6.92 Å². The Morgan fingerprint density at radius 2 is 2.12 bits per heavy atom. The van der Waals surface area contributed by atoms with Crippen LogP contribution in [0, 0.1) is 5.82 Å². The van der Waals surface area contributed by atoms with Crippen molar-refractivity contribution < 1.29 is 9.13 Å². The highest BCUT2D eigenvalue weighted by atomic mass is 32.2. The number of aliphatic imine (C=N–C) groups is 1. The molecule has 0 radical (unpaired) electrons. The van der Waals surface area contributed by atoms with Gasteiger partial charge >= 0.3 is 0 Å². The third-order valence-electron chi connectivity index (χ3n) is 1.73. The van der Waals surface area contributed by atoms with E-state index < -0.39 is 0 Å². The number of hydrogen-bond acceptors (Lipinski definition) is 3. The Balaban J connectivity index is 2.21. The summed E-state index contributed by atoms with van der Waals surface area (Å²) in [4.78, 5) is 4.03. The molecule has 0 aliphatic rings. The normalized spacial score (nSPS) is 11.5. The van der Waals surface area contributed by atoms with Crippen molar-refractivity contribution in [2.75, 3.05) is 18.9 Å². The highest BCUT2D eigenvalue weighted by molar-refractivity contribution is 8.13. The van der Waals surface area contributed by atoms with Crippen LogP contribution in [0.2, 0.25) is 0 Å². The van der Waals surface area contributed by atoms with E-state index >= 15 is 0 Å². The standard InChI is InChI=1S/C11H15FN2OS/c1-2-14-11(13)16-8-7-15-10-5-3-9(12)4-6-10/h3-6H,2,7-8H2,1H3,(H2,13,14). The molecule has 0 bridgehead atoms. The number of ether oxygens (including phenoxy) is 1. The van der Waals surface area contributed by atoms with Crippen LogP contribution in [0.15, 0.2) is 29.3 Å². The van der Waals surface area contributed by atoms with E-state index in [1.165, 1.54) is 23.9 Å². The molecule has 2 N–H and O–H groups in total. The second-order valence-corrected chi connectivity index (χ2v) is 4.08. The van der Waals surface area contributed by atoms with Gasteiger partial charge < -0.3 is 10.5 Å². The summed E-state index contributed by atoms with van der Waals surface area (Å²) in [5.74, 6) is 1.13. The van der Waals surface area contributed by atoms with Crippen molar-refractivity contribution in [3.8, 4) is 5.75 Å². The van der Waals surface area contributed by atoms with E-state index in [2.05, 4.69) is 4.99 Å². The molecule has 0 aliphatic heterocycles. The number of nitrogens with zero attached hydrogens (tertiary/aromatic N) is 1. The summed E-state index contributed by atoms with van der Waals surface area (Å²) in [6, 6.07) is 5.94. The van der Waals surface area contributed by atoms with E-state index in [9.17, 15) is 4.39 Å². The molecule has 1 rings (SSSR count). The molecule has 0 heterocycles. The quantitative estimate of drug-likeness (QED) is 0.489. The molecule has 0 aliphatic carbocycles. The summed E-state index contributed by atoms with van der Waals surface area (Å²) in [5, 5.41) is 0.574. The maximum Gasteiger partial charge on any atom is 0.154 e. The summed E-state index contributed by atoms with van der Waals surface area (Å²) in [6.45, 7) is 3.15. The lowest BCUT2D eigenvalue weighted by Crippen LogP contribution is -2.10. The first-order chi connectivity index (χ1) is 7.72. The van der Waals surface area contributed by atoms with E-state index in [4.69, 9.17) is 10.5 Å². The number of nitrogens with two attached hydrogens (primary N) is 1. The zero-order valence-electron chi connectivity index (χ0n) is 9.15. The minimum Gasteiger partial charge on any atom is -0.493 e. The number of thioether (sulfide) groups is 1. The predicted molar refractivity (Wildman–Crippen MR) is 66.5 cm³/mol. The van der Waals surface area contributed by atoms with Crippen LogP contribution < -0.4 is 10.5 Å². The molecular weight excluding hydrogens is 227 g/mol.